The minimum absolute atomic E-state index is 0.311. The van der Waals surface area contributed by atoms with Crippen molar-refractivity contribution in [2.24, 2.45) is 0 Å². The number of hydrogen-bond donors (Lipinski definition) is 0. The molecule has 39 heavy (non-hydrogen) atoms. The third-order valence-corrected chi connectivity index (χ3v) is 8.13. The van der Waals surface area contributed by atoms with E-state index in [0.717, 1.165) is 65.4 Å². The van der Waals surface area contributed by atoms with E-state index in [1.165, 1.54) is 0 Å². The van der Waals surface area contributed by atoms with Crippen molar-refractivity contribution < 1.29 is 14.3 Å². The number of fused-ring (bicyclic) bond motifs is 6. The first kappa shape index (κ1) is 25.1. The molecule has 0 aromatic heterocycles. The lowest BCUT2D eigenvalue weighted by Crippen LogP contribution is -2.34. The van der Waals surface area contributed by atoms with Crippen molar-refractivity contribution in [2.45, 2.75) is 33.3 Å². The summed E-state index contributed by atoms with van der Waals surface area (Å²) in [7, 11) is 0. The zero-order chi connectivity index (χ0) is 27.1. The number of ether oxygens (including phenoxy) is 2. The Hall–Kier alpha value is -4.25. The molecule has 0 radical (unpaired) electrons. The highest BCUT2D eigenvalue weighted by molar-refractivity contribution is 5.97. The van der Waals surface area contributed by atoms with Crippen LogP contribution in [0.25, 0.3) is 11.1 Å². The highest BCUT2D eigenvalue weighted by Gasteiger charge is 2.54. The van der Waals surface area contributed by atoms with Crippen LogP contribution in [-0.4, -0.2) is 32.1 Å². The second-order valence-corrected chi connectivity index (χ2v) is 9.97. The monoisotopic (exact) mass is 518 g/mol. The van der Waals surface area contributed by atoms with Gasteiger partial charge in [0.25, 0.3) is 0 Å². The highest BCUT2D eigenvalue weighted by Crippen LogP contribution is 2.58. The lowest BCUT2D eigenvalue weighted by molar-refractivity contribution is 0.0224. The summed E-state index contributed by atoms with van der Waals surface area (Å²) in [4.78, 5) is 18.0. The average Bonchev–Trinajstić information content (AvgIpc) is 3.27. The van der Waals surface area contributed by atoms with Gasteiger partial charge in [-0.25, -0.2) is 4.79 Å². The van der Waals surface area contributed by atoms with E-state index in [1.54, 1.807) is 0 Å². The van der Waals surface area contributed by atoms with Crippen molar-refractivity contribution in [3.05, 3.63) is 107 Å². The SMILES string of the molecule is CCN(CC)c1ccc2c(c1)Oc1cc(-c3ccccc3)c(N(CC)CC)cc1C21OC(=O)c2ccccc21. The number of anilines is 2. The van der Waals surface area contributed by atoms with Gasteiger partial charge in [0.1, 0.15) is 11.5 Å². The van der Waals surface area contributed by atoms with Gasteiger partial charge in [0.15, 0.2) is 5.60 Å². The maximum absolute atomic E-state index is 13.4. The van der Waals surface area contributed by atoms with Gasteiger partial charge < -0.3 is 19.3 Å². The zero-order valence-electron chi connectivity index (χ0n) is 23.0. The minimum Gasteiger partial charge on any atom is -0.456 e. The molecule has 0 saturated carbocycles. The third-order valence-electron chi connectivity index (χ3n) is 8.13. The highest BCUT2D eigenvalue weighted by atomic mass is 16.6. The predicted octanol–water partition coefficient (Wildman–Crippen LogP) is 7.61. The Morgan fingerprint density at radius 1 is 0.641 bits per heavy atom. The van der Waals surface area contributed by atoms with E-state index >= 15 is 0 Å². The average molecular weight is 519 g/mol. The summed E-state index contributed by atoms with van der Waals surface area (Å²) >= 11 is 0. The Morgan fingerprint density at radius 3 is 2.03 bits per heavy atom. The molecule has 1 atom stereocenters. The first-order valence-corrected chi connectivity index (χ1v) is 13.9. The molecule has 0 aliphatic carbocycles. The summed E-state index contributed by atoms with van der Waals surface area (Å²) < 4.78 is 13.2. The number of carbonyl (C=O) groups is 1. The van der Waals surface area contributed by atoms with Gasteiger partial charge in [0, 0.05) is 65.9 Å². The lowest BCUT2D eigenvalue weighted by Gasteiger charge is -2.38. The normalized spacial score (nSPS) is 16.7. The predicted molar refractivity (Wildman–Crippen MR) is 157 cm³/mol. The van der Waals surface area contributed by atoms with E-state index in [4.69, 9.17) is 9.47 Å². The molecule has 0 fully saturated rings. The molecule has 0 saturated heterocycles. The summed E-state index contributed by atoms with van der Waals surface area (Å²) in [5, 5.41) is 0. The summed E-state index contributed by atoms with van der Waals surface area (Å²) in [5.41, 5.74) is 6.45. The van der Waals surface area contributed by atoms with Crippen LogP contribution in [-0.2, 0) is 10.3 Å². The topological polar surface area (TPSA) is 42.0 Å². The Labute approximate surface area is 230 Å². The van der Waals surface area contributed by atoms with Crippen LogP contribution in [0.2, 0.25) is 0 Å². The molecular weight excluding hydrogens is 484 g/mol. The largest absolute Gasteiger partial charge is 0.456 e. The molecule has 5 nitrogen and oxygen atoms in total. The van der Waals surface area contributed by atoms with Gasteiger partial charge in [0.2, 0.25) is 0 Å². The summed E-state index contributed by atoms with van der Waals surface area (Å²) in [6, 6.07) is 28.7. The van der Waals surface area contributed by atoms with Crippen molar-refractivity contribution in [1.82, 2.24) is 0 Å². The molecular formula is C34H34N2O3. The molecule has 2 heterocycles. The fourth-order valence-corrected chi connectivity index (χ4v) is 6.16. The van der Waals surface area contributed by atoms with Crippen LogP contribution in [0.4, 0.5) is 11.4 Å². The van der Waals surface area contributed by atoms with Gasteiger partial charge in [0.05, 0.1) is 5.56 Å². The molecule has 4 aromatic rings. The van der Waals surface area contributed by atoms with Gasteiger partial charge >= 0.3 is 5.97 Å². The van der Waals surface area contributed by atoms with Gasteiger partial charge in [-0.3, -0.25) is 0 Å². The van der Waals surface area contributed by atoms with E-state index in [1.807, 2.05) is 30.3 Å². The summed E-state index contributed by atoms with van der Waals surface area (Å²) in [6.07, 6.45) is 0. The van der Waals surface area contributed by atoms with E-state index in [9.17, 15) is 4.79 Å². The van der Waals surface area contributed by atoms with Gasteiger partial charge in [-0.15, -0.1) is 0 Å². The number of nitrogens with zero attached hydrogens (tertiary/aromatic N) is 2. The molecule has 4 aromatic carbocycles. The fraction of sp³-hybridized carbons (Fsp3) is 0.265. The Balaban J connectivity index is 1.67. The van der Waals surface area contributed by atoms with Crippen LogP contribution in [0.3, 0.4) is 0 Å². The molecule has 2 aliphatic rings. The molecule has 2 aliphatic heterocycles. The second-order valence-electron chi connectivity index (χ2n) is 9.97. The summed E-state index contributed by atoms with van der Waals surface area (Å²) in [5.74, 6) is 1.11. The van der Waals surface area contributed by atoms with Crippen molar-refractivity contribution in [3.63, 3.8) is 0 Å². The quantitative estimate of drug-likeness (QED) is 0.236. The molecule has 1 unspecified atom stereocenters. The molecule has 0 bridgehead atoms. The van der Waals surface area contributed by atoms with E-state index < -0.39 is 5.60 Å². The van der Waals surface area contributed by atoms with Crippen LogP contribution >= 0.6 is 0 Å². The van der Waals surface area contributed by atoms with Gasteiger partial charge in [-0.05, 0) is 63.6 Å². The van der Waals surface area contributed by atoms with E-state index in [-0.39, 0.29) is 5.97 Å². The number of benzene rings is 4. The molecule has 198 valence electrons. The standard InChI is InChI=1S/C34H34N2O3/c1-5-35(6-2)24-18-19-28-31(20-24)38-32-21-26(23-14-10-9-11-15-23)30(36(7-3)8-4)22-29(32)34(28)27-17-13-12-16-25(27)33(37)39-34/h9-22H,5-8H2,1-4H3. The fourth-order valence-electron chi connectivity index (χ4n) is 6.16. The minimum atomic E-state index is -1.09. The Morgan fingerprint density at radius 2 is 1.31 bits per heavy atom. The molecule has 6 rings (SSSR count). The van der Waals surface area contributed by atoms with Crippen LogP contribution in [0.1, 0.15) is 54.7 Å². The maximum Gasteiger partial charge on any atom is 0.340 e. The van der Waals surface area contributed by atoms with Gasteiger partial charge in [-0.2, -0.15) is 0 Å². The smallest absolute Gasteiger partial charge is 0.340 e. The number of esters is 1. The van der Waals surface area contributed by atoms with Crippen LogP contribution < -0.4 is 14.5 Å². The van der Waals surface area contributed by atoms with Crippen LogP contribution in [0.15, 0.2) is 84.9 Å². The lowest BCUT2D eigenvalue weighted by atomic mass is 9.76. The molecule has 1 spiro atoms. The van der Waals surface area contributed by atoms with E-state index in [2.05, 4.69) is 92.1 Å². The van der Waals surface area contributed by atoms with Crippen molar-refractivity contribution in [2.75, 3.05) is 36.0 Å². The first-order valence-electron chi connectivity index (χ1n) is 13.9. The van der Waals surface area contributed by atoms with E-state index in [0.29, 0.717) is 17.1 Å². The summed E-state index contributed by atoms with van der Waals surface area (Å²) in [6.45, 7) is 12.1. The number of carbonyl (C=O) groups excluding carboxylic acids is 1. The molecule has 0 amide bonds. The van der Waals surface area contributed by atoms with Gasteiger partial charge in [-0.1, -0.05) is 48.5 Å². The Kier molecular flexibility index (Phi) is 6.30. The van der Waals surface area contributed by atoms with Crippen molar-refractivity contribution >= 4 is 17.3 Å². The number of hydrogen-bond acceptors (Lipinski definition) is 5. The first-order chi connectivity index (χ1) is 19.0. The van der Waals surface area contributed by atoms with Crippen molar-refractivity contribution in [1.29, 1.82) is 0 Å². The zero-order valence-corrected chi connectivity index (χ0v) is 23.0. The molecule has 5 heteroatoms. The number of rotatable bonds is 7. The third kappa shape index (κ3) is 3.79. The molecule has 0 N–H and O–H groups in total. The van der Waals surface area contributed by atoms with Crippen molar-refractivity contribution in [3.8, 4) is 22.6 Å². The maximum atomic E-state index is 13.4. The second kappa shape index (κ2) is 9.81. The van der Waals surface area contributed by atoms with Crippen LogP contribution in [0, 0.1) is 0 Å². The Bertz CT molecular complexity index is 1540. The van der Waals surface area contributed by atoms with Crippen LogP contribution in [0.5, 0.6) is 11.5 Å².